The van der Waals surface area contributed by atoms with Gasteiger partial charge >= 0.3 is 15.6 Å². The van der Waals surface area contributed by atoms with E-state index in [-0.39, 0.29) is 22.7 Å². The molecule has 1 fully saturated rings. The summed E-state index contributed by atoms with van der Waals surface area (Å²) in [6.45, 7) is 12.6. The topological polar surface area (TPSA) is 156 Å². The molecule has 0 unspecified atom stereocenters. The average Bonchev–Trinajstić information content (AvgIpc) is 2.97. The number of nitro groups is 1. The van der Waals surface area contributed by atoms with Crippen molar-refractivity contribution in [1.29, 1.82) is 0 Å². The van der Waals surface area contributed by atoms with Crippen LogP contribution in [0.3, 0.4) is 0 Å². The Labute approximate surface area is 230 Å². The molecule has 0 bridgehead atoms. The number of nitro benzene ring substituents is 1. The minimum Gasteiger partial charge on any atom is -0.543 e. The molecule has 1 amide bonds. The Bertz CT molecular complexity index is 1370. The number of carboxylic acids is 1. The number of hydrogen-bond acceptors (Lipinski definition) is 9. The molecule has 0 aliphatic carbocycles. The smallest absolute Gasteiger partial charge is 0.534 e. The number of carbonyl (C=O) groups is 2. The number of halogens is 3. The lowest BCUT2D eigenvalue weighted by atomic mass is 9.67. The van der Waals surface area contributed by atoms with Crippen molar-refractivity contribution in [2.45, 2.75) is 76.8 Å². The Kier molecular flexibility index (Phi) is 7.75. The van der Waals surface area contributed by atoms with Gasteiger partial charge in [0.1, 0.15) is 5.70 Å². The van der Waals surface area contributed by atoms with Gasteiger partial charge in [0, 0.05) is 12.1 Å². The lowest BCUT2D eigenvalue weighted by Crippen LogP contribution is -2.68. The van der Waals surface area contributed by atoms with Crippen LogP contribution in [0, 0.1) is 21.4 Å². The van der Waals surface area contributed by atoms with E-state index in [0.29, 0.717) is 4.90 Å². The Morgan fingerprint density at radius 3 is 2.15 bits per heavy atom. The lowest BCUT2D eigenvalue weighted by molar-refractivity contribution is -0.384. The van der Waals surface area contributed by atoms with Crippen LogP contribution in [0.2, 0.25) is 18.1 Å². The molecule has 3 rings (SSSR count). The first kappa shape index (κ1) is 31.5. The van der Waals surface area contributed by atoms with Crippen molar-refractivity contribution in [3.05, 3.63) is 51.4 Å². The predicted molar refractivity (Wildman–Crippen MR) is 135 cm³/mol. The number of β-lactam (4-membered cyclic amide) rings is 1. The molecule has 0 radical (unpaired) electrons. The maximum atomic E-state index is 13.3. The summed E-state index contributed by atoms with van der Waals surface area (Å²) in [6.07, 6.45) is -1.16. The molecule has 2 aliphatic rings. The number of benzene rings is 1. The monoisotopic (exact) mass is 607 g/mol. The minimum absolute atomic E-state index is 0.280. The van der Waals surface area contributed by atoms with E-state index in [0.717, 1.165) is 12.1 Å². The van der Waals surface area contributed by atoms with E-state index in [2.05, 4.69) is 4.18 Å². The molecule has 0 aromatic heterocycles. The van der Waals surface area contributed by atoms with E-state index in [9.17, 15) is 46.4 Å². The molecule has 0 spiro atoms. The first-order chi connectivity index (χ1) is 18.0. The van der Waals surface area contributed by atoms with Crippen LogP contribution in [0.15, 0.2) is 35.7 Å². The SMILES string of the molecule is C[C@@H](O[Si](C)(C)C(C)(C)C)[C@H]1C(=O)N2C(C(=O)[O-])=C(OS(=O)(=O)C(F)(F)F)[C@](C)(Cc3ccc([N+](=O)[O-])cc3)[C@@H]12. The fraction of sp³-hybridized carbons (Fsp3) is 0.583. The Morgan fingerprint density at radius 1 is 1.20 bits per heavy atom. The van der Waals surface area contributed by atoms with Gasteiger partial charge in [-0.1, -0.05) is 32.9 Å². The number of nitrogens with zero attached hydrogens (tertiary/aromatic N) is 2. The summed E-state index contributed by atoms with van der Waals surface area (Å²) < 4.78 is 75.0. The van der Waals surface area contributed by atoms with Crippen LogP contribution in [0.1, 0.15) is 40.2 Å². The van der Waals surface area contributed by atoms with Gasteiger partial charge in [-0.3, -0.25) is 14.9 Å². The van der Waals surface area contributed by atoms with E-state index < -0.39 is 75.7 Å². The van der Waals surface area contributed by atoms with E-state index >= 15 is 0 Å². The summed E-state index contributed by atoms with van der Waals surface area (Å²) in [5.41, 5.74) is -8.85. The predicted octanol–water partition coefficient (Wildman–Crippen LogP) is 3.22. The number of hydrogen-bond donors (Lipinski definition) is 0. The average molecular weight is 608 g/mol. The lowest BCUT2D eigenvalue weighted by Gasteiger charge is -2.53. The number of carboxylic acid groups (broad SMARTS) is 1. The van der Waals surface area contributed by atoms with Crippen LogP contribution >= 0.6 is 0 Å². The molecule has 1 aromatic carbocycles. The van der Waals surface area contributed by atoms with Crippen molar-refractivity contribution in [3.8, 4) is 0 Å². The van der Waals surface area contributed by atoms with E-state index in [4.69, 9.17) is 4.43 Å². The van der Waals surface area contributed by atoms with Crippen molar-refractivity contribution < 1.29 is 49.8 Å². The maximum Gasteiger partial charge on any atom is 0.534 e. The van der Waals surface area contributed by atoms with Crippen LogP contribution in [-0.4, -0.2) is 56.1 Å². The van der Waals surface area contributed by atoms with Gasteiger partial charge in [-0.2, -0.15) is 21.6 Å². The van der Waals surface area contributed by atoms with E-state index in [1.54, 1.807) is 6.92 Å². The van der Waals surface area contributed by atoms with Crippen molar-refractivity contribution in [1.82, 2.24) is 4.90 Å². The highest BCUT2D eigenvalue weighted by atomic mass is 32.2. The summed E-state index contributed by atoms with van der Waals surface area (Å²) in [5, 5.41) is 22.9. The summed E-state index contributed by atoms with van der Waals surface area (Å²) in [4.78, 5) is 36.6. The van der Waals surface area contributed by atoms with E-state index in [1.165, 1.54) is 19.1 Å². The molecule has 40 heavy (non-hydrogen) atoms. The standard InChI is InChI=1S/C24H31F3N2O9SSi/c1-13(38-40(6,7)22(2,3)4)16-18-23(5,12-14-8-10-15(11-9-14)29(33)34)19(37-39(35,36)24(25,26)27)17(21(31)32)28(18)20(16)30/h8-11,13,16,18H,12H2,1-7H3,(H,31,32)/p-1/t13-,16-,18-,23-/m1/s1. The van der Waals surface area contributed by atoms with Gasteiger partial charge in [0.25, 0.3) is 5.69 Å². The van der Waals surface area contributed by atoms with Crippen molar-refractivity contribution in [2.24, 2.45) is 11.3 Å². The number of non-ortho nitro benzene ring substituents is 1. The van der Waals surface area contributed by atoms with Gasteiger partial charge in [0.15, 0.2) is 14.1 Å². The molecule has 2 aliphatic heterocycles. The number of rotatable bonds is 9. The molecule has 1 aromatic rings. The van der Waals surface area contributed by atoms with Gasteiger partial charge in [-0.15, -0.1) is 0 Å². The second kappa shape index (κ2) is 9.83. The highest BCUT2D eigenvalue weighted by molar-refractivity contribution is 7.87. The van der Waals surface area contributed by atoms with Crippen LogP contribution in [0.5, 0.6) is 0 Å². The van der Waals surface area contributed by atoms with Crippen LogP contribution in [0.25, 0.3) is 0 Å². The number of alkyl halides is 3. The molecular weight excluding hydrogens is 577 g/mol. The third-order valence-electron chi connectivity index (χ3n) is 7.95. The number of carbonyl (C=O) groups excluding carboxylic acids is 2. The highest BCUT2D eigenvalue weighted by Gasteiger charge is 2.68. The Hall–Kier alpha value is -2.98. The largest absolute Gasteiger partial charge is 0.543 e. The molecule has 0 N–H and O–H groups in total. The van der Waals surface area contributed by atoms with Gasteiger partial charge < -0.3 is 23.4 Å². The van der Waals surface area contributed by atoms with E-state index in [1.807, 2.05) is 33.9 Å². The van der Waals surface area contributed by atoms with Crippen LogP contribution in [0.4, 0.5) is 18.9 Å². The number of amides is 1. The first-order valence-electron chi connectivity index (χ1n) is 12.2. The molecule has 222 valence electrons. The van der Waals surface area contributed by atoms with Crippen LogP contribution < -0.4 is 5.11 Å². The molecule has 4 atom stereocenters. The Morgan fingerprint density at radius 2 is 1.73 bits per heavy atom. The zero-order valence-corrected chi connectivity index (χ0v) is 24.7. The van der Waals surface area contributed by atoms with Gasteiger partial charge in [-0.05, 0) is 44.0 Å². The van der Waals surface area contributed by atoms with Gasteiger partial charge in [0.2, 0.25) is 5.91 Å². The molecule has 0 saturated carbocycles. The number of aliphatic carboxylic acids is 1. The zero-order chi connectivity index (χ0) is 30.8. The summed E-state index contributed by atoms with van der Waals surface area (Å²) >= 11 is 0. The zero-order valence-electron chi connectivity index (χ0n) is 22.9. The summed E-state index contributed by atoms with van der Waals surface area (Å²) in [7, 11) is -8.85. The Balaban J connectivity index is 2.17. The third-order valence-corrected chi connectivity index (χ3v) is 13.5. The van der Waals surface area contributed by atoms with Gasteiger partial charge in [-0.25, -0.2) is 0 Å². The fourth-order valence-corrected chi connectivity index (χ4v) is 6.97. The molecular formula is C24H30F3N2O9SSi-. The normalized spacial score (nSPS) is 24.4. The molecule has 16 heteroatoms. The van der Waals surface area contributed by atoms with Crippen molar-refractivity contribution >= 4 is 36.0 Å². The maximum absolute atomic E-state index is 13.3. The minimum atomic E-state index is -6.35. The summed E-state index contributed by atoms with van der Waals surface area (Å²) in [6, 6.07) is 3.68. The second-order valence-corrected chi connectivity index (χ2v) is 18.0. The van der Waals surface area contributed by atoms with Crippen molar-refractivity contribution in [3.63, 3.8) is 0 Å². The van der Waals surface area contributed by atoms with Gasteiger partial charge in [0.05, 0.1) is 34.4 Å². The first-order valence-corrected chi connectivity index (χ1v) is 16.5. The molecule has 11 nitrogen and oxygen atoms in total. The summed E-state index contributed by atoms with van der Waals surface area (Å²) in [5.74, 6) is -5.08. The second-order valence-electron chi connectivity index (χ2n) is 11.7. The van der Waals surface area contributed by atoms with Crippen LogP contribution in [-0.2, 0) is 34.7 Å². The fourth-order valence-electron chi connectivity index (χ4n) is 4.96. The number of fused-ring (bicyclic) bond motifs is 1. The third kappa shape index (κ3) is 5.23. The molecule has 2 heterocycles. The highest BCUT2D eigenvalue weighted by Crippen LogP contribution is 2.57. The van der Waals surface area contributed by atoms with Crippen molar-refractivity contribution in [2.75, 3.05) is 0 Å². The molecule has 1 saturated heterocycles. The quantitative estimate of drug-likeness (QED) is 0.103.